The number of aromatic nitrogens is 4. The summed E-state index contributed by atoms with van der Waals surface area (Å²) in [6.45, 7) is 3.34. The summed E-state index contributed by atoms with van der Waals surface area (Å²) in [5, 5.41) is 13.7. The van der Waals surface area contributed by atoms with Gasteiger partial charge in [0.05, 0.1) is 12.9 Å². The molecule has 4 rings (SSSR count). The molecule has 1 saturated heterocycles. The molecular formula is C34H48FN6O7P. The molecule has 0 saturated carbocycles. The van der Waals surface area contributed by atoms with Crippen LogP contribution in [-0.4, -0.2) is 61.6 Å². The fourth-order valence-electron chi connectivity index (χ4n) is 5.59. The van der Waals surface area contributed by atoms with Crippen LogP contribution in [0.3, 0.4) is 0 Å². The molecule has 0 aliphatic carbocycles. The Balaban J connectivity index is 1.32. The minimum atomic E-state index is -4.33. The van der Waals surface area contributed by atoms with Gasteiger partial charge in [-0.25, -0.2) is 9.55 Å². The van der Waals surface area contributed by atoms with Crippen molar-refractivity contribution in [2.24, 2.45) is 0 Å². The highest BCUT2D eigenvalue weighted by atomic mass is 31.2. The standard InChI is InChI=1S/C34H48FN6O7P/c1-4-6-7-8-9-10-11-12-13-14-18-21-45-32(43)25(3)40-49(44,48-26-19-16-15-17-20-26)46-23-34(5-2)27(42)22-28(47-34)41-24-37-29-30(36)38-33(35)39-31(29)41/h2,15-17,19-20,24-25,27-28,42H,4,6-14,18,21-23H2,1,3H3,(H,40,44)(H2,36,38,39)/t25-,27-,28+,34+,49+/m0/s1. The predicted octanol–water partition coefficient (Wildman–Crippen LogP) is 6.24. The maximum absolute atomic E-state index is 14.1. The zero-order valence-electron chi connectivity index (χ0n) is 28.3. The Morgan fingerprint density at radius 1 is 1.16 bits per heavy atom. The maximum Gasteiger partial charge on any atom is 0.459 e. The number of anilines is 1. The number of halogens is 1. The molecule has 0 radical (unpaired) electrons. The Labute approximate surface area is 287 Å². The molecule has 13 nitrogen and oxygen atoms in total. The van der Waals surface area contributed by atoms with Crippen LogP contribution in [0.5, 0.6) is 5.75 Å². The predicted molar refractivity (Wildman–Crippen MR) is 183 cm³/mol. The maximum atomic E-state index is 14.1. The number of benzene rings is 1. The number of ether oxygens (including phenoxy) is 2. The van der Waals surface area contributed by atoms with E-state index >= 15 is 0 Å². The molecule has 0 unspecified atom stereocenters. The van der Waals surface area contributed by atoms with Crippen LogP contribution in [0.25, 0.3) is 11.2 Å². The number of nitrogens with one attached hydrogen (secondary N) is 1. The molecule has 0 spiro atoms. The van der Waals surface area contributed by atoms with Crippen LogP contribution in [0.2, 0.25) is 0 Å². The van der Waals surface area contributed by atoms with E-state index in [4.69, 9.17) is 30.7 Å². The van der Waals surface area contributed by atoms with Crippen molar-refractivity contribution in [2.75, 3.05) is 18.9 Å². The highest BCUT2D eigenvalue weighted by Crippen LogP contribution is 2.48. The number of aliphatic hydroxyl groups excluding tert-OH is 1. The second kappa shape index (κ2) is 18.4. The summed E-state index contributed by atoms with van der Waals surface area (Å²) < 4.78 is 52.4. The summed E-state index contributed by atoms with van der Waals surface area (Å²) in [4.78, 5) is 24.2. The van der Waals surface area contributed by atoms with E-state index in [0.29, 0.717) is 0 Å². The Kier molecular flexibility index (Phi) is 14.4. The fourth-order valence-corrected chi connectivity index (χ4v) is 7.11. The largest absolute Gasteiger partial charge is 0.465 e. The number of fused-ring (bicyclic) bond motifs is 1. The van der Waals surface area contributed by atoms with Crippen LogP contribution in [0.1, 0.15) is 97.1 Å². The number of terminal acetylenes is 1. The summed E-state index contributed by atoms with van der Waals surface area (Å²) in [5.41, 5.74) is 4.15. The molecule has 3 aromatic rings. The Hall–Kier alpha value is -3.60. The minimum absolute atomic E-state index is 0.0381. The zero-order chi connectivity index (χ0) is 35.3. The van der Waals surface area contributed by atoms with Crippen molar-refractivity contribution < 1.29 is 37.4 Å². The average Bonchev–Trinajstić information content (AvgIpc) is 3.65. The van der Waals surface area contributed by atoms with Crippen molar-refractivity contribution in [1.29, 1.82) is 0 Å². The summed E-state index contributed by atoms with van der Waals surface area (Å²) in [6, 6.07) is 7.16. The molecule has 1 fully saturated rings. The number of imidazole rings is 1. The van der Waals surface area contributed by atoms with Gasteiger partial charge in [-0.1, -0.05) is 95.3 Å². The normalized spacial score (nSPS) is 20.9. The number of carbonyl (C=O) groups excluding carboxylic acids is 1. The van der Waals surface area contributed by atoms with E-state index < -0.39 is 50.4 Å². The Bertz CT molecular complexity index is 1590. The van der Waals surface area contributed by atoms with E-state index in [0.717, 1.165) is 25.7 Å². The third-order valence-corrected chi connectivity index (χ3v) is 10.0. The van der Waals surface area contributed by atoms with Gasteiger partial charge in [0.15, 0.2) is 22.6 Å². The first kappa shape index (κ1) is 38.2. The number of carbonyl (C=O) groups is 1. The van der Waals surface area contributed by atoms with Crippen LogP contribution in [0, 0.1) is 18.4 Å². The number of nitrogens with two attached hydrogens (primary N) is 1. The van der Waals surface area contributed by atoms with Crippen molar-refractivity contribution >= 4 is 30.7 Å². The number of nitrogen functional groups attached to an aromatic ring is 1. The second-order valence-corrected chi connectivity index (χ2v) is 14.0. The zero-order valence-corrected chi connectivity index (χ0v) is 29.2. The molecule has 49 heavy (non-hydrogen) atoms. The van der Waals surface area contributed by atoms with Crippen LogP contribution >= 0.6 is 7.75 Å². The smallest absolute Gasteiger partial charge is 0.459 e. The highest BCUT2D eigenvalue weighted by molar-refractivity contribution is 7.52. The van der Waals surface area contributed by atoms with Gasteiger partial charge in [0.1, 0.15) is 30.7 Å². The van der Waals surface area contributed by atoms with E-state index in [-0.39, 0.29) is 35.8 Å². The summed E-state index contributed by atoms with van der Waals surface area (Å²) in [5.74, 6) is 1.82. The van der Waals surface area contributed by atoms with E-state index in [2.05, 4.69) is 32.9 Å². The molecular weight excluding hydrogens is 654 g/mol. The molecule has 1 aliphatic rings. The van der Waals surface area contributed by atoms with Gasteiger partial charge < -0.3 is 24.8 Å². The first-order chi connectivity index (χ1) is 23.6. The number of para-hydroxylation sites is 1. The molecule has 4 N–H and O–H groups in total. The number of rotatable bonds is 21. The van der Waals surface area contributed by atoms with Crippen molar-refractivity contribution in [3.8, 4) is 18.1 Å². The van der Waals surface area contributed by atoms with Gasteiger partial charge in [0.25, 0.3) is 0 Å². The lowest BCUT2D eigenvalue weighted by molar-refractivity contribution is -0.145. The van der Waals surface area contributed by atoms with E-state index in [9.17, 15) is 18.9 Å². The van der Waals surface area contributed by atoms with Crippen molar-refractivity contribution in [3.05, 3.63) is 42.7 Å². The lowest BCUT2D eigenvalue weighted by Gasteiger charge is -2.29. The van der Waals surface area contributed by atoms with Gasteiger partial charge in [-0.15, -0.1) is 6.42 Å². The average molecular weight is 703 g/mol. The van der Waals surface area contributed by atoms with E-state index in [1.165, 1.54) is 62.8 Å². The topological polar surface area (TPSA) is 173 Å². The third kappa shape index (κ3) is 10.7. The molecule has 3 heterocycles. The molecule has 2 aromatic heterocycles. The third-order valence-electron chi connectivity index (χ3n) is 8.40. The monoisotopic (exact) mass is 702 g/mol. The molecule has 268 valence electrons. The van der Waals surface area contributed by atoms with Gasteiger partial charge in [-0.2, -0.15) is 19.4 Å². The van der Waals surface area contributed by atoms with E-state index in [1.807, 2.05) is 0 Å². The van der Waals surface area contributed by atoms with E-state index in [1.54, 1.807) is 30.3 Å². The molecule has 0 amide bonds. The van der Waals surface area contributed by atoms with Gasteiger partial charge in [-0.05, 0) is 25.5 Å². The number of unbranched alkanes of at least 4 members (excludes halogenated alkanes) is 10. The molecule has 0 bridgehead atoms. The SMILES string of the molecule is C#C[C@]1(CO[P@](=O)(N[C@@H](C)C(=O)OCCCCCCCCCCCCC)Oc2ccccc2)O[C@@H](n2cnc3c(N)nc(F)nc32)C[C@@H]1O. The summed E-state index contributed by atoms with van der Waals surface area (Å²) >= 11 is 0. The van der Waals surface area contributed by atoms with Crippen LogP contribution in [0.15, 0.2) is 36.7 Å². The van der Waals surface area contributed by atoms with Gasteiger partial charge in [0, 0.05) is 6.42 Å². The van der Waals surface area contributed by atoms with Crippen LogP contribution in [0.4, 0.5) is 10.2 Å². The van der Waals surface area contributed by atoms with Crippen molar-refractivity contribution in [1.82, 2.24) is 24.6 Å². The number of aliphatic hydroxyl groups is 1. The van der Waals surface area contributed by atoms with Crippen LogP contribution in [-0.2, 0) is 23.4 Å². The summed E-state index contributed by atoms with van der Waals surface area (Å²) in [7, 11) is -4.33. The second-order valence-electron chi connectivity index (χ2n) is 12.3. The van der Waals surface area contributed by atoms with Crippen molar-refractivity contribution in [2.45, 2.75) is 115 Å². The highest BCUT2D eigenvalue weighted by Gasteiger charge is 2.50. The van der Waals surface area contributed by atoms with Gasteiger partial charge in [-0.3, -0.25) is 13.9 Å². The molecule has 15 heteroatoms. The minimum Gasteiger partial charge on any atom is -0.465 e. The Morgan fingerprint density at radius 3 is 2.47 bits per heavy atom. The fraction of sp³-hybridized carbons (Fsp3) is 0.588. The molecule has 1 aromatic carbocycles. The van der Waals surface area contributed by atoms with Gasteiger partial charge >= 0.3 is 19.8 Å². The number of esters is 1. The lowest BCUT2D eigenvalue weighted by atomic mass is 9.99. The quantitative estimate of drug-likeness (QED) is 0.0376. The molecule has 5 atom stereocenters. The lowest BCUT2D eigenvalue weighted by Crippen LogP contribution is -2.43. The Morgan fingerprint density at radius 2 is 1.82 bits per heavy atom. The first-order valence-corrected chi connectivity index (χ1v) is 18.6. The first-order valence-electron chi connectivity index (χ1n) is 17.0. The number of hydrogen-bond acceptors (Lipinski definition) is 11. The number of nitrogens with zero attached hydrogens (tertiary/aromatic N) is 4. The molecule has 1 aliphatic heterocycles. The summed E-state index contributed by atoms with van der Waals surface area (Å²) in [6.07, 6.45) is 16.6. The number of hydrogen-bond donors (Lipinski definition) is 3. The van der Waals surface area contributed by atoms with Crippen LogP contribution < -0.4 is 15.3 Å². The van der Waals surface area contributed by atoms with Crippen molar-refractivity contribution in [3.63, 3.8) is 0 Å². The van der Waals surface area contributed by atoms with Gasteiger partial charge in [0.2, 0.25) is 0 Å².